The van der Waals surface area contributed by atoms with Gasteiger partial charge in [0, 0.05) is 6.54 Å². The van der Waals surface area contributed by atoms with Crippen molar-refractivity contribution in [3.63, 3.8) is 0 Å². The van der Waals surface area contributed by atoms with Crippen LogP contribution in [-0.2, 0) is 22.6 Å². The van der Waals surface area contributed by atoms with Crippen molar-refractivity contribution in [3.8, 4) is 11.8 Å². The van der Waals surface area contributed by atoms with Crippen molar-refractivity contribution in [1.29, 1.82) is 5.26 Å². The Kier molecular flexibility index (Phi) is 11.1. The number of nitriles is 1. The van der Waals surface area contributed by atoms with Gasteiger partial charge in [0.15, 0.2) is 0 Å². The fourth-order valence-electron chi connectivity index (χ4n) is 4.89. The number of carbonyl (C=O) groups excluding carboxylic acids is 1. The quantitative estimate of drug-likeness (QED) is 0.177. The molecule has 0 saturated carbocycles. The topological polar surface area (TPSA) is 176 Å². The van der Waals surface area contributed by atoms with E-state index < -0.39 is 41.5 Å². The van der Waals surface area contributed by atoms with Crippen LogP contribution in [0.25, 0.3) is 5.69 Å². The van der Waals surface area contributed by atoms with Crippen LogP contribution in [-0.4, -0.2) is 43.5 Å². The predicted molar refractivity (Wildman–Crippen MR) is 169 cm³/mol. The Morgan fingerprint density at radius 3 is 2.06 bits per heavy atom. The van der Waals surface area contributed by atoms with Crippen molar-refractivity contribution in [3.05, 3.63) is 158 Å². The van der Waals surface area contributed by atoms with E-state index in [1.54, 1.807) is 42.5 Å². The van der Waals surface area contributed by atoms with E-state index in [0.29, 0.717) is 24.2 Å². The molecule has 4 aromatic carbocycles. The standard InChI is InChI=1S/C32H28N6O3.C2HF3O2/c33-20-23-10-7-9-22(17-23)19-28(30(34)39)35-21-24-11-8-14-26(18-24)29(25-12-3-1-4-13-25)37-31(40)36-38(32(37)41)27-15-5-2-6-16-27;3-2(4,5)1(6)7/h1-18,28-29,35H,19,21H2,(H2,34,39)(H,36,40);(H,6,7)/t28-,29+;/m0./s1. The van der Waals surface area contributed by atoms with Gasteiger partial charge in [-0.05, 0) is 52.9 Å². The molecule has 0 unspecified atom stereocenters. The molecular formula is C34H29F3N6O5. The van der Waals surface area contributed by atoms with Crippen LogP contribution >= 0.6 is 0 Å². The molecule has 1 amide bonds. The molecule has 48 heavy (non-hydrogen) atoms. The van der Waals surface area contributed by atoms with Gasteiger partial charge in [-0.15, -0.1) is 0 Å². The molecule has 0 fully saturated rings. The number of rotatable bonds is 10. The molecule has 0 radical (unpaired) electrons. The molecule has 0 aliphatic rings. The van der Waals surface area contributed by atoms with E-state index in [0.717, 1.165) is 22.3 Å². The van der Waals surface area contributed by atoms with E-state index in [1.165, 1.54) is 9.25 Å². The highest BCUT2D eigenvalue weighted by Gasteiger charge is 2.38. The van der Waals surface area contributed by atoms with Crippen molar-refractivity contribution in [2.45, 2.75) is 31.2 Å². The molecule has 0 aliphatic carbocycles. The van der Waals surface area contributed by atoms with E-state index in [9.17, 15) is 32.8 Å². The summed E-state index contributed by atoms with van der Waals surface area (Å²) in [4.78, 5) is 47.9. The van der Waals surface area contributed by atoms with Gasteiger partial charge in [0.05, 0.1) is 29.4 Å². The zero-order chi connectivity index (χ0) is 34.8. The average molecular weight is 659 g/mol. The summed E-state index contributed by atoms with van der Waals surface area (Å²) < 4.78 is 34.2. The van der Waals surface area contributed by atoms with Gasteiger partial charge in [-0.25, -0.2) is 28.7 Å². The summed E-state index contributed by atoms with van der Waals surface area (Å²) in [6.45, 7) is 0.317. The van der Waals surface area contributed by atoms with Crippen LogP contribution in [0, 0.1) is 11.3 Å². The lowest BCUT2D eigenvalue weighted by Crippen LogP contribution is -2.42. The summed E-state index contributed by atoms with van der Waals surface area (Å²) in [5, 5.41) is 22.2. The summed E-state index contributed by atoms with van der Waals surface area (Å²) in [5.74, 6) is -3.27. The van der Waals surface area contributed by atoms with Gasteiger partial charge >= 0.3 is 23.5 Å². The molecule has 0 spiro atoms. The number of primary amides is 1. The number of aromatic nitrogens is 3. The first-order valence-electron chi connectivity index (χ1n) is 14.3. The predicted octanol–water partition coefficient (Wildman–Crippen LogP) is 3.66. The number of H-pyrrole nitrogens is 1. The van der Waals surface area contributed by atoms with Gasteiger partial charge in [-0.2, -0.15) is 18.4 Å². The number of aliphatic carboxylic acids is 1. The maximum Gasteiger partial charge on any atom is 0.490 e. The third kappa shape index (κ3) is 8.74. The number of carbonyl (C=O) groups is 2. The van der Waals surface area contributed by atoms with Gasteiger partial charge in [0.25, 0.3) is 0 Å². The largest absolute Gasteiger partial charge is 0.490 e. The number of amides is 1. The van der Waals surface area contributed by atoms with Crippen molar-refractivity contribution < 1.29 is 27.9 Å². The number of carboxylic acid groups (broad SMARTS) is 1. The Morgan fingerprint density at radius 1 is 0.875 bits per heavy atom. The highest BCUT2D eigenvalue weighted by molar-refractivity contribution is 5.80. The zero-order valence-electron chi connectivity index (χ0n) is 25.1. The summed E-state index contributed by atoms with van der Waals surface area (Å²) in [6, 6.07) is 33.6. The first-order valence-corrected chi connectivity index (χ1v) is 14.3. The number of nitrogens with zero attached hydrogens (tertiary/aromatic N) is 3. The number of nitrogens with two attached hydrogens (primary N) is 1. The second-order valence-electron chi connectivity index (χ2n) is 10.5. The number of nitrogens with one attached hydrogen (secondary N) is 2. The van der Waals surface area contributed by atoms with E-state index >= 15 is 0 Å². The van der Waals surface area contributed by atoms with Crippen molar-refractivity contribution in [1.82, 2.24) is 19.7 Å². The van der Waals surface area contributed by atoms with Crippen LogP contribution < -0.4 is 22.4 Å². The normalized spacial score (nSPS) is 12.2. The molecule has 5 rings (SSSR count). The third-order valence-corrected chi connectivity index (χ3v) is 7.11. The first kappa shape index (κ1) is 34.7. The van der Waals surface area contributed by atoms with Crippen LogP contribution in [0.15, 0.2) is 119 Å². The highest BCUT2D eigenvalue weighted by Crippen LogP contribution is 2.25. The van der Waals surface area contributed by atoms with Gasteiger partial charge < -0.3 is 16.2 Å². The number of alkyl halides is 3. The lowest BCUT2D eigenvalue weighted by Gasteiger charge is -2.20. The number of halogens is 3. The molecule has 5 aromatic rings. The summed E-state index contributed by atoms with van der Waals surface area (Å²) >= 11 is 0. The minimum atomic E-state index is -5.08. The van der Waals surface area contributed by atoms with Crippen molar-refractivity contribution in [2.24, 2.45) is 5.73 Å². The van der Waals surface area contributed by atoms with E-state index in [-0.39, 0.29) is 0 Å². The summed E-state index contributed by atoms with van der Waals surface area (Å²) in [6.07, 6.45) is -4.76. The van der Waals surface area contributed by atoms with Gasteiger partial charge in [-0.3, -0.25) is 4.79 Å². The molecule has 1 heterocycles. The highest BCUT2D eigenvalue weighted by atomic mass is 19.4. The molecular weight excluding hydrogens is 629 g/mol. The lowest BCUT2D eigenvalue weighted by molar-refractivity contribution is -0.192. The molecule has 11 nitrogen and oxygen atoms in total. The average Bonchev–Trinajstić information content (AvgIpc) is 3.37. The minimum Gasteiger partial charge on any atom is -0.475 e. The Balaban J connectivity index is 0.000000671. The van der Waals surface area contributed by atoms with Crippen molar-refractivity contribution >= 4 is 11.9 Å². The van der Waals surface area contributed by atoms with E-state index in [2.05, 4.69) is 16.5 Å². The number of hydrogen-bond donors (Lipinski definition) is 4. The molecule has 1 aromatic heterocycles. The van der Waals surface area contributed by atoms with Crippen LogP contribution in [0.1, 0.15) is 33.9 Å². The molecule has 246 valence electrons. The van der Waals surface area contributed by atoms with Gasteiger partial charge in [-0.1, -0.05) is 84.9 Å². The monoisotopic (exact) mass is 658 g/mol. The molecule has 14 heteroatoms. The number of aromatic amines is 1. The molecule has 2 atom stereocenters. The van der Waals surface area contributed by atoms with Crippen molar-refractivity contribution in [2.75, 3.05) is 0 Å². The molecule has 0 saturated heterocycles. The number of benzene rings is 4. The maximum atomic E-state index is 13.6. The third-order valence-electron chi connectivity index (χ3n) is 7.11. The Hall–Kier alpha value is -6.20. The second kappa shape index (κ2) is 15.4. The first-order chi connectivity index (χ1) is 22.9. The Morgan fingerprint density at radius 2 is 1.46 bits per heavy atom. The molecule has 5 N–H and O–H groups in total. The van der Waals surface area contributed by atoms with Crippen LogP contribution in [0.5, 0.6) is 0 Å². The maximum absolute atomic E-state index is 13.6. The van der Waals surface area contributed by atoms with Crippen LogP contribution in [0.4, 0.5) is 13.2 Å². The lowest BCUT2D eigenvalue weighted by atomic mass is 9.96. The fourth-order valence-corrected chi connectivity index (χ4v) is 4.89. The second-order valence-corrected chi connectivity index (χ2v) is 10.5. The zero-order valence-corrected chi connectivity index (χ0v) is 25.1. The fraction of sp³-hybridized carbons (Fsp3) is 0.147. The number of para-hydroxylation sites is 1. The van der Waals surface area contributed by atoms with Crippen LogP contribution in [0.3, 0.4) is 0 Å². The van der Waals surface area contributed by atoms with E-state index in [4.69, 9.17) is 15.6 Å². The van der Waals surface area contributed by atoms with Gasteiger partial charge in [0.1, 0.15) is 0 Å². The Bertz CT molecular complexity index is 2030. The molecule has 0 aliphatic heterocycles. The number of carboxylic acids is 1. The SMILES string of the molecule is N#Cc1cccc(C[C@H](NCc2cccc([C@@H](c3ccccc3)n3c(=O)[nH]n(-c4ccccc4)c3=O)c2)C(N)=O)c1.O=C(O)C(F)(F)F. The van der Waals surface area contributed by atoms with Crippen LogP contribution in [0.2, 0.25) is 0 Å². The Labute approximate surface area is 271 Å². The smallest absolute Gasteiger partial charge is 0.475 e. The summed E-state index contributed by atoms with van der Waals surface area (Å²) in [7, 11) is 0. The molecule has 0 bridgehead atoms. The summed E-state index contributed by atoms with van der Waals surface area (Å²) in [5.41, 5.74) is 8.87. The van der Waals surface area contributed by atoms with E-state index in [1.807, 2.05) is 66.7 Å². The van der Waals surface area contributed by atoms with Gasteiger partial charge in [0.2, 0.25) is 5.91 Å². The number of hydrogen-bond acceptors (Lipinski definition) is 6. The minimum absolute atomic E-state index is 0.317.